The maximum atomic E-state index is 5.89. The van der Waals surface area contributed by atoms with Crippen LogP contribution in [0.15, 0.2) is 52.6 Å². The first-order chi connectivity index (χ1) is 11.7. The molecule has 2 aromatic rings. The van der Waals surface area contributed by atoms with Gasteiger partial charge in [-0.3, -0.25) is 9.67 Å². The van der Waals surface area contributed by atoms with E-state index in [-0.39, 0.29) is 24.0 Å². The maximum Gasteiger partial charge on any atom is 0.191 e. The molecule has 2 N–H and O–H groups in total. The molecule has 1 unspecified atom stereocenters. The highest BCUT2D eigenvalue weighted by Gasteiger charge is 2.05. The van der Waals surface area contributed by atoms with Crippen LogP contribution in [0.3, 0.4) is 0 Å². The summed E-state index contributed by atoms with van der Waals surface area (Å²) in [6, 6.07) is 9.85. The Hall–Kier alpha value is -0.930. The van der Waals surface area contributed by atoms with Crippen LogP contribution in [0.5, 0.6) is 0 Å². The second-order valence-electron chi connectivity index (χ2n) is 5.52. The highest BCUT2D eigenvalue weighted by Crippen LogP contribution is 2.19. The molecule has 8 heteroatoms. The minimum Gasteiger partial charge on any atom is -0.356 e. The maximum absolute atomic E-state index is 5.89. The van der Waals surface area contributed by atoms with Crippen molar-refractivity contribution < 1.29 is 0 Å². The molecule has 1 aromatic heterocycles. The van der Waals surface area contributed by atoms with Crippen molar-refractivity contribution in [1.29, 1.82) is 0 Å². The first-order valence-electron chi connectivity index (χ1n) is 7.97. The van der Waals surface area contributed by atoms with E-state index in [1.807, 2.05) is 41.2 Å². The predicted molar refractivity (Wildman–Crippen MR) is 118 cm³/mol. The molecule has 5 nitrogen and oxygen atoms in total. The fourth-order valence-corrected chi connectivity index (χ4v) is 3.05. The molecular weight excluding hydrogens is 469 g/mol. The normalized spacial score (nSPS) is 12.4. The number of thioether (sulfide) groups is 1. The van der Waals surface area contributed by atoms with Gasteiger partial charge in [-0.05, 0) is 36.2 Å². The lowest BCUT2D eigenvalue weighted by Crippen LogP contribution is -2.40. The fraction of sp³-hybridized carbons (Fsp3) is 0.412. The SMILES string of the molecule is CN=C(NCCSc1ccc(Cl)cc1)NCC(C)Cn1cccn1.I. The molecule has 0 saturated carbocycles. The van der Waals surface area contributed by atoms with Crippen molar-refractivity contribution in [2.45, 2.75) is 18.4 Å². The Morgan fingerprint density at radius 3 is 2.72 bits per heavy atom. The first kappa shape index (κ1) is 22.1. The number of benzene rings is 1. The number of rotatable bonds is 8. The molecule has 0 spiro atoms. The van der Waals surface area contributed by atoms with Crippen LogP contribution in [0, 0.1) is 5.92 Å². The second kappa shape index (κ2) is 12.4. The van der Waals surface area contributed by atoms with Crippen LogP contribution < -0.4 is 10.6 Å². The summed E-state index contributed by atoms with van der Waals surface area (Å²) >= 11 is 7.68. The van der Waals surface area contributed by atoms with Gasteiger partial charge in [-0.15, -0.1) is 35.7 Å². The summed E-state index contributed by atoms with van der Waals surface area (Å²) in [6.45, 7) is 4.78. The molecule has 0 radical (unpaired) electrons. The summed E-state index contributed by atoms with van der Waals surface area (Å²) in [4.78, 5) is 5.48. The third-order valence-electron chi connectivity index (χ3n) is 3.38. The van der Waals surface area contributed by atoms with Crippen molar-refractivity contribution in [2.75, 3.05) is 25.9 Å². The Morgan fingerprint density at radius 1 is 1.32 bits per heavy atom. The van der Waals surface area contributed by atoms with Crippen LogP contribution in [0.4, 0.5) is 0 Å². The third-order valence-corrected chi connectivity index (χ3v) is 4.64. The Kier molecular flexibility index (Phi) is 11.0. The van der Waals surface area contributed by atoms with Crippen molar-refractivity contribution in [1.82, 2.24) is 20.4 Å². The molecule has 2 rings (SSSR count). The van der Waals surface area contributed by atoms with Gasteiger partial charge in [0, 0.05) is 54.7 Å². The smallest absolute Gasteiger partial charge is 0.191 e. The number of halogens is 2. The Bertz CT molecular complexity index is 618. The molecule has 138 valence electrons. The second-order valence-corrected chi connectivity index (χ2v) is 7.12. The molecule has 1 aromatic carbocycles. The van der Waals surface area contributed by atoms with Crippen molar-refractivity contribution >= 4 is 53.3 Å². The zero-order chi connectivity index (χ0) is 17.2. The standard InChI is InChI=1S/C17H24ClN5S.HI/c1-14(13-23-10-3-8-22-23)12-21-17(19-2)20-9-11-24-16-6-4-15(18)5-7-16;/h3-8,10,14H,9,11-13H2,1-2H3,(H2,19,20,21);1H. The minimum absolute atomic E-state index is 0. The lowest BCUT2D eigenvalue weighted by Gasteiger charge is -2.16. The van der Waals surface area contributed by atoms with E-state index < -0.39 is 0 Å². The summed E-state index contributed by atoms with van der Waals surface area (Å²) < 4.78 is 1.95. The molecule has 1 heterocycles. The molecule has 0 aliphatic carbocycles. The average molecular weight is 494 g/mol. The van der Waals surface area contributed by atoms with Crippen molar-refractivity contribution in [3.8, 4) is 0 Å². The summed E-state index contributed by atoms with van der Waals surface area (Å²) in [7, 11) is 1.79. The highest BCUT2D eigenvalue weighted by atomic mass is 127. The molecule has 0 aliphatic heterocycles. The van der Waals surface area contributed by atoms with Gasteiger partial charge in [-0.25, -0.2) is 0 Å². The summed E-state index contributed by atoms with van der Waals surface area (Å²) in [5.74, 6) is 2.26. The van der Waals surface area contributed by atoms with E-state index in [2.05, 4.69) is 27.6 Å². The van der Waals surface area contributed by atoms with Crippen molar-refractivity contribution in [3.05, 3.63) is 47.7 Å². The van der Waals surface area contributed by atoms with Gasteiger partial charge in [0.1, 0.15) is 0 Å². The molecule has 1 atom stereocenters. The molecule has 0 amide bonds. The molecule has 25 heavy (non-hydrogen) atoms. The molecular formula is C17H25ClIN5S. The monoisotopic (exact) mass is 493 g/mol. The van der Waals surface area contributed by atoms with E-state index in [1.54, 1.807) is 25.0 Å². The van der Waals surface area contributed by atoms with Crippen LogP contribution >= 0.6 is 47.3 Å². The van der Waals surface area contributed by atoms with E-state index in [0.29, 0.717) is 5.92 Å². The van der Waals surface area contributed by atoms with E-state index in [4.69, 9.17) is 11.6 Å². The number of nitrogens with one attached hydrogen (secondary N) is 2. The van der Waals surface area contributed by atoms with E-state index in [1.165, 1.54) is 4.90 Å². The Morgan fingerprint density at radius 2 is 2.08 bits per heavy atom. The van der Waals surface area contributed by atoms with Gasteiger partial charge < -0.3 is 10.6 Å². The molecule has 0 fully saturated rings. The summed E-state index contributed by atoms with van der Waals surface area (Å²) in [5.41, 5.74) is 0. The van der Waals surface area contributed by atoms with Gasteiger partial charge in [-0.1, -0.05) is 18.5 Å². The van der Waals surface area contributed by atoms with Crippen LogP contribution in [0.1, 0.15) is 6.92 Å². The lowest BCUT2D eigenvalue weighted by atomic mass is 10.2. The Labute approximate surface area is 176 Å². The highest BCUT2D eigenvalue weighted by molar-refractivity contribution is 14.0. The van der Waals surface area contributed by atoms with Gasteiger partial charge in [0.25, 0.3) is 0 Å². The summed E-state index contributed by atoms with van der Waals surface area (Å²) in [6.07, 6.45) is 3.79. The predicted octanol–water partition coefficient (Wildman–Crippen LogP) is 3.75. The van der Waals surface area contributed by atoms with E-state index in [0.717, 1.165) is 36.4 Å². The van der Waals surface area contributed by atoms with Gasteiger partial charge in [0.15, 0.2) is 5.96 Å². The summed E-state index contributed by atoms with van der Waals surface area (Å²) in [5, 5.41) is 11.7. The fourth-order valence-electron chi connectivity index (χ4n) is 2.15. The molecule has 0 aliphatic rings. The largest absolute Gasteiger partial charge is 0.356 e. The van der Waals surface area contributed by atoms with Crippen LogP contribution in [-0.4, -0.2) is 41.6 Å². The van der Waals surface area contributed by atoms with Gasteiger partial charge in [-0.2, -0.15) is 5.10 Å². The molecule has 0 bridgehead atoms. The van der Waals surface area contributed by atoms with Crippen LogP contribution in [0.2, 0.25) is 5.02 Å². The first-order valence-corrected chi connectivity index (χ1v) is 9.34. The van der Waals surface area contributed by atoms with Crippen molar-refractivity contribution in [2.24, 2.45) is 10.9 Å². The zero-order valence-electron chi connectivity index (χ0n) is 14.5. The zero-order valence-corrected chi connectivity index (χ0v) is 18.4. The van der Waals surface area contributed by atoms with E-state index in [9.17, 15) is 0 Å². The lowest BCUT2D eigenvalue weighted by molar-refractivity contribution is 0.443. The number of hydrogen-bond donors (Lipinski definition) is 2. The number of guanidine groups is 1. The Balaban J connectivity index is 0.00000312. The average Bonchev–Trinajstić information content (AvgIpc) is 3.08. The van der Waals surface area contributed by atoms with Crippen molar-refractivity contribution in [3.63, 3.8) is 0 Å². The molecule has 0 saturated heterocycles. The number of nitrogens with zero attached hydrogens (tertiary/aromatic N) is 3. The quantitative estimate of drug-likeness (QED) is 0.193. The number of aromatic nitrogens is 2. The number of aliphatic imine (C=N–C) groups is 1. The number of hydrogen-bond acceptors (Lipinski definition) is 3. The van der Waals surface area contributed by atoms with Gasteiger partial charge in [0.2, 0.25) is 0 Å². The third kappa shape index (κ3) is 8.82. The van der Waals surface area contributed by atoms with Crippen LogP contribution in [-0.2, 0) is 6.54 Å². The van der Waals surface area contributed by atoms with Gasteiger partial charge >= 0.3 is 0 Å². The van der Waals surface area contributed by atoms with E-state index >= 15 is 0 Å². The van der Waals surface area contributed by atoms with Gasteiger partial charge in [0.05, 0.1) is 0 Å². The minimum atomic E-state index is 0. The topological polar surface area (TPSA) is 54.2 Å². The van der Waals surface area contributed by atoms with Crippen LogP contribution in [0.25, 0.3) is 0 Å².